The summed E-state index contributed by atoms with van der Waals surface area (Å²) in [4.78, 5) is 13.3. The van der Waals surface area contributed by atoms with Crippen molar-refractivity contribution in [1.82, 2.24) is 4.90 Å². The summed E-state index contributed by atoms with van der Waals surface area (Å²) in [6, 6.07) is 8.26. The zero-order valence-corrected chi connectivity index (χ0v) is 12.8. The van der Waals surface area contributed by atoms with Crippen LogP contribution < -0.4 is 4.74 Å². The molecule has 112 valence electrons. The van der Waals surface area contributed by atoms with Gasteiger partial charge in [-0.05, 0) is 30.7 Å². The van der Waals surface area contributed by atoms with Crippen molar-refractivity contribution < 1.29 is 14.6 Å². The summed E-state index contributed by atoms with van der Waals surface area (Å²) in [5.74, 6) is -0.263. The van der Waals surface area contributed by atoms with Crippen molar-refractivity contribution in [3.63, 3.8) is 0 Å². The van der Waals surface area contributed by atoms with E-state index < -0.39 is 5.97 Å². The summed E-state index contributed by atoms with van der Waals surface area (Å²) in [6.07, 6.45) is 0.951. The topological polar surface area (TPSA) is 49.8 Å². The Kier molecular flexibility index (Phi) is 6.52. The first kappa shape index (κ1) is 16.5. The number of methoxy groups -OCH3 is 1. The molecule has 1 rings (SSSR count). The maximum Gasteiger partial charge on any atom is 0.307 e. The second kappa shape index (κ2) is 7.90. The minimum absolute atomic E-state index is 0.243. The van der Waals surface area contributed by atoms with Gasteiger partial charge in [-0.25, -0.2) is 0 Å². The smallest absolute Gasteiger partial charge is 0.307 e. The average Bonchev–Trinajstić information content (AvgIpc) is 2.47. The molecule has 0 spiro atoms. The van der Waals surface area contributed by atoms with Crippen LogP contribution in [0.5, 0.6) is 5.75 Å². The van der Waals surface area contributed by atoms with Gasteiger partial charge in [0.05, 0.1) is 13.0 Å². The molecule has 1 aromatic carbocycles. The first-order chi connectivity index (χ1) is 9.53. The molecule has 0 fully saturated rings. The van der Waals surface area contributed by atoms with Crippen LogP contribution in [0.2, 0.25) is 0 Å². The number of hydrogen-bond acceptors (Lipinski definition) is 3. The van der Waals surface area contributed by atoms with Crippen LogP contribution in [-0.2, 0) is 4.79 Å². The van der Waals surface area contributed by atoms with E-state index in [0.717, 1.165) is 18.7 Å². The Morgan fingerprint density at radius 1 is 1.30 bits per heavy atom. The third kappa shape index (κ3) is 4.23. The van der Waals surface area contributed by atoms with Gasteiger partial charge in [0.2, 0.25) is 0 Å². The van der Waals surface area contributed by atoms with Gasteiger partial charge in [0.25, 0.3) is 0 Å². The molecule has 0 heterocycles. The first-order valence-corrected chi connectivity index (χ1v) is 7.14. The number of carbonyl (C=O) groups is 1. The van der Waals surface area contributed by atoms with Crippen molar-refractivity contribution in [3.8, 4) is 5.75 Å². The van der Waals surface area contributed by atoms with Crippen LogP contribution in [-0.4, -0.2) is 36.2 Å². The Bertz CT molecular complexity index is 416. The lowest BCUT2D eigenvalue weighted by molar-refractivity contribution is -0.141. The number of hydrogen-bond donors (Lipinski definition) is 1. The summed E-state index contributed by atoms with van der Waals surface area (Å²) < 4.78 is 5.17. The van der Waals surface area contributed by atoms with Crippen LogP contribution in [0.25, 0.3) is 0 Å². The molecule has 20 heavy (non-hydrogen) atoms. The highest BCUT2D eigenvalue weighted by molar-refractivity contribution is 5.69. The number of ether oxygens (including phenoxy) is 1. The fourth-order valence-corrected chi connectivity index (χ4v) is 2.44. The molecule has 1 N–H and O–H groups in total. The Balaban J connectivity index is 2.87. The number of benzene rings is 1. The lowest BCUT2D eigenvalue weighted by Crippen LogP contribution is -2.34. The highest BCUT2D eigenvalue weighted by atomic mass is 16.5. The predicted octanol–water partition coefficient (Wildman–Crippen LogP) is 3.19. The quantitative estimate of drug-likeness (QED) is 0.794. The molecule has 0 aliphatic rings. The largest absolute Gasteiger partial charge is 0.497 e. The van der Waals surface area contributed by atoms with Gasteiger partial charge in [0.15, 0.2) is 0 Å². The number of carboxylic acid groups (broad SMARTS) is 1. The third-order valence-corrected chi connectivity index (χ3v) is 3.66. The SMILES string of the molecule is CCC(c1ccc(OC)cc1)N(CC)CC(C)C(=O)O. The fraction of sp³-hybridized carbons (Fsp3) is 0.562. The molecule has 0 bridgehead atoms. The molecule has 4 nitrogen and oxygen atoms in total. The molecule has 0 amide bonds. The molecule has 4 heteroatoms. The minimum atomic E-state index is -0.743. The summed E-state index contributed by atoms with van der Waals surface area (Å²) in [6.45, 7) is 7.36. The Morgan fingerprint density at radius 2 is 1.90 bits per heavy atom. The van der Waals surface area contributed by atoms with Gasteiger partial charge >= 0.3 is 5.97 Å². The van der Waals surface area contributed by atoms with Gasteiger partial charge < -0.3 is 9.84 Å². The molecular formula is C16H25NO3. The van der Waals surface area contributed by atoms with E-state index >= 15 is 0 Å². The van der Waals surface area contributed by atoms with Crippen LogP contribution in [0.3, 0.4) is 0 Å². The summed E-state index contributed by atoms with van der Waals surface area (Å²) in [5, 5.41) is 9.08. The average molecular weight is 279 g/mol. The van der Waals surface area contributed by atoms with Crippen molar-refractivity contribution in [3.05, 3.63) is 29.8 Å². The summed E-state index contributed by atoms with van der Waals surface area (Å²) >= 11 is 0. The third-order valence-electron chi connectivity index (χ3n) is 3.66. The van der Waals surface area contributed by atoms with E-state index in [9.17, 15) is 4.79 Å². The Hall–Kier alpha value is -1.55. The first-order valence-electron chi connectivity index (χ1n) is 7.14. The summed E-state index contributed by atoms with van der Waals surface area (Å²) in [5.41, 5.74) is 1.20. The van der Waals surface area contributed by atoms with Crippen LogP contribution in [0.1, 0.15) is 38.8 Å². The normalized spacial score (nSPS) is 14.1. The van der Waals surface area contributed by atoms with E-state index in [1.165, 1.54) is 5.56 Å². The van der Waals surface area contributed by atoms with Crippen molar-refractivity contribution in [1.29, 1.82) is 0 Å². The van der Waals surface area contributed by atoms with Gasteiger partial charge in [-0.1, -0.05) is 32.9 Å². The molecule has 2 unspecified atom stereocenters. The highest BCUT2D eigenvalue weighted by Gasteiger charge is 2.22. The maximum atomic E-state index is 11.0. The van der Waals surface area contributed by atoms with Crippen molar-refractivity contribution in [2.45, 2.75) is 33.2 Å². The molecule has 2 atom stereocenters. The van der Waals surface area contributed by atoms with Crippen LogP contribution in [0, 0.1) is 5.92 Å². The van der Waals surface area contributed by atoms with E-state index in [1.54, 1.807) is 14.0 Å². The molecule has 0 aliphatic heterocycles. The Morgan fingerprint density at radius 3 is 2.30 bits per heavy atom. The standard InChI is InChI=1S/C16H25NO3/c1-5-15(13-7-9-14(20-4)10-8-13)17(6-2)11-12(3)16(18)19/h7-10,12,15H,5-6,11H2,1-4H3,(H,18,19). The van der Waals surface area contributed by atoms with E-state index in [0.29, 0.717) is 6.54 Å². The van der Waals surface area contributed by atoms with Crippen molar-refractivity contribution >= 4 is 5.97 Å². The lowest BCUT2D eigenvalue weighted by Gasteiger charge is -2.31. The number of rotatable bonds is 8. The zero-order valence-electron chi connectivity index (χ0n) is 12.8. The lowest BCUT2D eigenvalue weighted by atomic mass is 10.0. The monoisotopic (exact) mass is 279 g/mol. The van der Waals surface area contributed by atoms with Gasteiger partial charge in [-0.2, -0.15) is 0 Å². The molecule has 0 aliphatic carbocycles. The molecule has 0 saturated carbocycles. The fourth-order valence-electron chi connectivity index (χ4n) is 2.44. The molecule has 0 aromatic heterocycles. The van der Waals surface area contributed by atoms with Crippen LogP contribution >= 0.6 is 0 Å². The van der Waals surface area contributed by atoms with Crippen molar-refractivity contribution in [2.24, 2.45) is 5.92 Å². The predicted molar refractivity (Wildman–Crippen MR) is 80.1 cm³/mol. The zero-order chi connectivity index (χ0) is 15.1. The second-order valence-corrected chi connectivity index (χ2v) is 5.02. The van der Waals surface area contributed by atoms with Gasteiger partial charge in [0, 0.05) is 12.6 Å². The van der Waals surface area contributed by atoms with E-state index in [4.69, 9.17) is 9.84 Å². The minimum Gasteiger partial charge on any atom is -0.497 e. The van der Waals surface area contributed by atoms with Crippen LogP contribution in [0.15, 0.2) is 24.3 Å². The highest BCUT2D eigenvalue weighted by Crippen LogP contribution is 2.26. The van der Waals surface area contributed by atoms with E-state index in [-0.39, 0.29) is 12.0 Å². The van der Waals surface area contributed by atoms with Gasteiger partial charge in [0.1, 0.15) is 5.75 Å². The number of nitrogens with zero attached hydrogens (tertiary/aromatic N) is 1. The number of aliphatic carboxylic acids is 1. The molecule has 1 aromatic rings. The van der Waals surface area contributed by atoms with Crippen LogP contribution in [0.4, 0.5) is 0 Å². The second-order valence-electron chi connectivity index (χ2n) is 5.02. The van der Waals surface area contributed by atoms with Gasteiger partial charge in [-0.15, -0.1) is 0 Å². The number of carboxylic acids is 1. The molecule has 0 saturated heterocycles. The Labute approximate surface area is 121 Å². The van der Waals surface area contributed by atoms with Crippen molar-refractivity contribution in [2.75, 3.05) is 20.2 Å². The van der Waals surface area contributed by atoms with Gasteiger partial charge in [-0.3, -0.25) is 9.69 Å². The molecular weight excluding hydrogens is 254 g/mol. The summed E-state index contributed by atoms with van der Waals surface area (Å²) in [7, 11) is 1.65. The molecule has 0 radical (unpaired) electrons. The van der Waals surface area contributed by atoms with E-state index in [1.807, 2.05) is 12.1 Å². The van der Waals surface area contributed by atoms with E-state index in [2.05, 4.69) is 30.9 Å². The maximum absolute atomic E-state index is 11.0.